The molecule has 0 aliphatic rings. The summed E-state index contributed by atoms with van der Waals surface area (Å²) < 4.78 is 39.8. The minimum atomic E-state index is -0.859. The van der Waals surface area contributed by atoms with Crippen LogP contribution in [0.2, 0.25) is 0 Å². The van der Waals surface area contributed by atoms with E-state index in [9.17, 15) is 18.0 Å². The summed E-state index contributed by atoms with van der Waals surface area (Å²) in [6.45, 7) is 1.72. The highest BCUT2D eigenvalue weighted by Crippen LogP contribution is 2.17. The van der Waals surface area contributed by atoms with Crippen LogP contribution in [0, 0.1) is 24.4 Å². The van der Waals surface area contributed by atoms with Crippen molar-refractivity contribution in [3.63, 3.8) is 0 Å². The monoisotopic (exact) mass is 294 g/mol. The molecule has 0 bridgehead atoms. The number of hydrogen-bond donors (Lipinski definition) is 2. The Morgan fingerprint density at radius 1 is 1.05 bits per heavy atom. The molecule has 0 heterocycles. The van der Waals surface area contributed by atoms with E-state index in [1.807, 2.05) is 0 Å². The first-order chi connectivity index (χ1) is 9.97. The van der Waals surface area contributed by atoms with E-state index >= 15 is 0 Å². The molecule has 2 amide bonds. The molecular formula is C15H13F3N2O. The molecule has 0 aromatic heterocycles. The Morgan fingerprint density at radius 3 is 2.33 bits per heavy atom. The first-order valence-corrected chi connectivity index (χ1v) is 6.21. The summed E-state index contributed by atoms with van der Waals surface area (Å²) in [5, 5.41) is 4.54. The number of hydrogen-bond acceptors (Lipinski definition) is 1. The zero-order valence-corrected chi connectivity index (χ0v) is 11.2. The van der Waals surface area contributed by atoms with E-state index in [-0.39, 0.29) is 12.4 Å². The zero-order valence-electron chi connectivity index (χ0n) is 11.2. The predicted octanol–water partition coefficient (Wildman–Crippen LogP) is 3.73. The van der Waals surface area contributed by atoms with Crippen LogP contribution in [0.4, 0.5) is 23.7 Å². The van der Waals surface area contributed by atoms with Gasteiger partial charge in [0, 0.05) is 6.54 Å². The van der Waals surface area contributed by atoms with Crippen LogP contribution in [-0.2, 0) is 6.54 Å². The van der Waals surface area contributed by atoms with Gasteiger partial charge >= 0.3 is 6.03 Å². The number of urea groups is 1. The maximum Gasteiger partial charge on any atom is 0.319 e. The summed E-state index contributed by atoms with van der Waals surface area (Å²) in [6, 6.07) is 6.94. The summed E-state index contributed by atoms with van der Waals surface area (Å²) in [4.78, 5) is 11.6. The van der Waals surface area contributed by atoms with Crippen LogP contribution in [0.5, 0.6) is 0 Å². The average molecular weight is 294 g/mol. The Morgan fingerprint density at radius 2 is 1.71 bits per heavy atom. The van der Waals surface area contributed by atoms with E-state index in [2.05, 4.69) is 10.6 Å². The fourth-order valence-electron chi connectivity index (χ4n) is 1.77. The molecule has 2 N–H and O–H groups in total. The molecule has 21 heavy (non-hydrogen) atoms. The van der Waals surface area contributed by atoms with Gasteiger partial charge in [-0.3, -0.25) is 0 Å². The second-order valence-corrected chi connectivity index (χ2v) is 4.49. The molecule has 0 unspecified atom stereocenters. The molecular weight excluding hydrogens is 281 g/mol. The lowest BCUT2D eigenvalue weighted by Gasteiger charge is -2.09. The summed E-state index contributed by atoms with van der Waals surface area (Å²) in [6.07, 6.45) is 0. The number of aryl methyl sites for hydroxylation is 1. The lowest BCUT2D eigenvalue weighted by Crippen LogP contribution is -2.29. The van der Waals surface area contributed by atoms with Gasteiger partial charge < -0.3 is 10.6 Å². The number of para-hydroxylation sites is 1. The van der Waals surface area contributed by atoms with Gasteiger partial charge in [-0.1, -0.05) is 18.2 Å². The van der Waals surface area contributed by atoms with Gasteiger partial charge in [0.25, 0.3) is 0 Å². The van der Waals surface area contributed by atoms with Crippen molar-refractivity contribution in [1.82, 2.24) is 5.32 Å². The van der Waals surface area contributed by atoms with E-state index in [4.69, 9.17) is 0 Å². The summed E-state index contributed by atoms with van der Waals surface area (Å²) in [5.74, 6) is -2.05. The Hall–Kier alpha value is -2.50. The van der Waals surface area contributed by atoms with Crippen molar-refractivity contribution in [1.29, 1.82) is 0 Å². The number of anilines is 1. The Kier molecular flexibility index (Phi) is 4.47. The summed E-state index contributed by atoms with van der Waals surface area (Å²) in [5.41, 5.74) is 0.623. The third-order valence-corrected chi connectivity index (χ3v) is 2.88. The molecule has 0 aliphatic heterocycles. The van der Waals surface area contributed by atoms with Crippen LogP contribution in [0.3, 0.4) is 0 Å². The van der Waals surface area contributed by atoms with Crippen LogP contribution >= 0.6 is 0 Å². The first kappa shape index (κ1) is 14.9. The van der Waals surface area contributed by atoms with Crippen LogP contribution in [0.25, 0.3) is 0 Å². The van der Waals surface area contributed by atoms with Crippen LogP contribution in [0.15, 0.2) is 36.4 Å². The largest absolute Gasteiger partial charge is 0.334 e. The van der Waals surface area contributed by atoms with E-state index in [0.29, 0.717) is 11.1 Å². The van der Waals surface area contributed by atoms with Gasteiger partial charge in [0.1, 0.15) is 23.1 Å². The highest BCUT2D eigenvalue weighted by Gasteiger charge is 2.11. The number of carbonyl (C=O) groups is 1. The lowest BCUT2D eigenvalue weighted by atomic mass is 10.1. The van der Waals surface area contributed by atoms with Gasteiger partial charge in [-0.15, -0.1) is 0 Å². The molecule has 0 saturated heterocycles. The molecule has 6 heteroatoms. The van der Waals surface area contributed by atoms with E-state index in [1.165, 1.54) is 18.2 Å². The van der Waals surface area contributed by atoms with Crippen molar-refractivity contribution >= 4 is 11.7 Å². The molecule has 0 radical (unpaired) electrons. The van der Waals surface area contributed by atoms with E-state index in [1.54, 1.807) is 13.0 Å². The number of nitrogens with one attached hydrogen (secondary N) is 2. The van der Waals surface area contributed by atoms with Crippen LogP contribution in [-0.4, -0.2) is 6.03 Å². The molecule has 3 nitrogen and oxygen atoms in total. The van der Waals surface area contributed by atoms with Gasteiger partial charge in [0.05, 0.1) is 0 Å². The maximum atomic E-state index is 13.3. The molecule has 0 aliphatic carbocycles. The van der Waals surface area contributed by atoms with Crippen LogP contribution in [0.1, 0.15) is 11.1 Å². The van der Waals surface area contributed by atoms with E-state index in [0.717, 1.165) is 12.1 Å². The smallest absolute Gasteiger partial charge is 0.319 e. The standard InChI is InChI=1S/C15H13F3N2O/c1-9-7-10(5-6-11(9)16)8-19-15(21)20-14-12(17)3-2-4-13(14)18/h2-7H,8H2,1H3,(H2,19,20,21). The molecule has 2 aromatic rings. The molecule has 110 valence electrons. The van der Waals surface area contributed by atoms with Crippen molar-refractivity contribution < 1.29 is 18.0 Å². The number of benzene rings is 2. The summed E-state index contributed by atoms with van der Waals surface area (Å²) >= 11 is 0. The third-order valence-electron chi connectivity index (χ3n) is 2.88. The number of carbonyl (C=O) groups excluding carboxylic acids is 1. The minimum Gasteiger partial charge on any atom is -0.334 e. The van der Waals surface area contributed by atoms with Crippen molar-refractivity contribution in [2.24, 2.45) is 0 Å². The zero-order chi connectivity index (χ0) is 15.4. The maximum absolute atomic E-state index is 13.3. The minimum absolute atomic E-state index is 0.114. The number of halogens is 3. The van der Waals surface area contributed by atoms with Gasteiger partial charge in [-0.05, 0) is 36.2 Å². The SMILES string of the molecule is Cc1cc(CNC(=O)Nc2c(F)cccc2F)ccc1F. The van der Waals surface area contributed by atoms with Gasteiger partial charge in [0.15, 0.2) is 0 Å². The second kappa shape index (κ2) is 6.30. The Balaban J connectivity index is 1.97. The topological polar surface area (TPSA) is 41.1 Å². The lowest BCUT2D eigenvalue weighted by molar-refractivity contribution is 0.251. The molecule has 0 fully saturated rings. The molecule has 2 rings (SSSR count). The molecule has 0 spiro atoms. The molecule has 0 saturated carbocycles. The van der Waals surface area contributed by atoms with Crippen LogP contribution < -0.4 is 10.6 Å². The quantitative estimate of drug-likeness (QED) is 0.889. The van der Waals surface area contributed by atoms with Crippen molar-refractivity contribution in [3.8, 4) is 0 Å². The second-order valence-electron chi connectivity index (χ2n) is 4.49. The highest BCUT2D eigenvalue weighted by atomic mass is 19.1. The fraction of sp³-hybridized carbons (Fsp3) is 0.133. The summed E-state index contributed by atoms with van der Waals surface area (Å²) in [7, 11) is 0. The Bertz CT molecular complexity index is 654. The number of rotatable bonds is 3. The molecule has 2 aromatic carbocycles. The molecule has 0 atom stereocenters. The highest BCUT2D eigenvalue weighted by molar-refractivity contribution is 5.89. The number of amides is 2. The van der Waals surface area contributed by atoms with Gasteiger partial charge in [-0.25, -0.2) is 18.0 Å². The normalized spacial score (nSPS) is 10.3. The van der Waals surface area contributed by atoms with Crippen molar-refractivity contribution in [2.45, 2.75) is 13.5 Å². The van der Waals surface area contributed by atoms with E-state index < -0.39 is 23.4 Å². The Labute approximate surface area is 119 Å². The average Bonchev–Trinajstić information content (AvgIpc) is 2.44. The van der Waals surface area contributed by atoms with Gasteiger partial charge in [0.2, 0.25) is 0 Å². The first-order valence-electron chi connectivity index (χ1n) is 6.21. The fourth-order valence-corrected chi connectivity index (χ4v) is 1.77. The third kappa shape index (κ3) is 3.75. The van der Waals surface area contributed by atoms with Crippen molar-refractivity contribution in [3.05, 3.63) is 65.0 Å². The van der Waals surface area contributed by atoms with Gasteiger partial charge in [-0.2, -0.15) is 0 Å². The predicted molar refractivity (Wildman–Crippen MR) is 73.4 cm³/mol. The van der Waals surface area contributed by atoms with Crippen molar-refractivity contribution in [2.75, 3.05) is 5.32 Å².